The first-order chi connectivity index (χ1) is 6.45. The molecule has 2 N–H and O–H groups in total. The average molecular weight is 219 g/mol. The van der Waals surface area contributed by atoms with E-state index in [4.69, 9.17) is 0 Å². The number of nitrogens with one attached hydrogen (secondary N) is 2. The second-order valence-corrected chi connectivity index (χ2v) is 4.53. The Balaban J connectivity index is 0.000000980. The minimum absolute atomic E-state index is 0. The molecule has 0 bridgehead atoms. The van der Waals surface area contributed by atoms with E-state index in [0.717, 1.165) is 12.1 Å². The first-order valence-electron chi connectivity index (χ1n) is 5.92. The number of hydrogen-bond donors (Lipinski definition) is 2. The summed E-state index contributed by atoms with van der Waals surface area (Å²) in [6, 6.07) is 1.65. The third-order valence-corrected chi connectivity index (χ3v) is 3.42. The predicted molar refractivity (Wildman–Crippen MR) is 63.1 cm³/mol. The zero-order valence-corrected chi connectivity index (χ0v) is 9.74. The third-order valence-electron chi connectivity index (χ3n) is 3.42. The van der Waals surface area contributed by atoms with Crippen LogP contribution in [0.4, 0.5) is 0 Å². The molecule has 0 atom stereocenters. The highest BCUT2D eigenvalue weighted by molar-refractivity contribution is 5.85. The Hall–Kier alpha value is 0.210. The number of hydrogen-bond acceptors (Lipinski definition) is 2. The van der Waals surface area contributed by atoms with Gasteiger partial charge in [-0.15, -0.1) is 12.4 Å². The van der Waals surface area contributed by atoms with E-state index in [1.807, 2.05) is 0 Å². The van der Waals surface area contributed by atoms with Crippen LogP contribution in [-0.4, -0.2) is 25.2 Å². The fourth-order valence-electron chi connectivity index (χ4n) is 2.59. The molecule has 0 aromatic rings. The zero-order valence-electron chi connectivity index (χ0n) is 8.93. The van der Waals surface area contributed by atoms with Gasteiger partial charge in [-0.25, -0.2) is 0 Å². The topological polar surface area (TPSA) is 24.1 Å². The molecule has 0 radical (unpaired) electrons. The van der Waals surface area contributed by atoms with E-state index in [9.17, 15) is 0 Å². The van der Waals surface area contributed by atoms with Crippen LogP contribution < -0.4 is 10.6 Å². The molecule has 1 saturated heterocycles. The molecule has 1 heterocycles. The van der Waals surface area contributed by atoms with Crippen molar-refractivity contribution < 1.29 is 0 Å². The van der Waals surface area contributed by atoms with Gasteiger partial charge in [-0.1, -0.05) is 19.3 Å². The zero-order chi connectivity index (χ0) is 8.93. The molecule has 0 amide bonds. The molecule has 0 aromatic carbocycles. The third kappa shape index (κ3) is 3.76. The lowest BCUT2D eigenvalue weighted by atomic mass is 9.94. The van der Waals surface area contributed by atoms with Crippen LogP contribution in [-0.2, 0) is 0 Å². The molecule has 1 aliphatic heterocycles. The number of halogens is 1. The maximum Gasteiger partial charge on any atom is 0.00938 e. The molecule has 1 aliphatic carbocycles. The fourth-order valence-corrected chi connectivity index (χ4v) is 2.59. The Morgan fingerprint density at radius 1 is 0.786 bits per heavy atom. The predicted octanol–water partition coefficient (Wildman–Crippen LogP) is 2.08. The molecule has 0 aromatic heterocycles. The van der Waals surface area contributed by atoms with Crippen LogP contribution in [0.5, 0.6) is 0 Å². The second-order valence-electron chi connectivity index (χ2n) is 4.53. The summed E-state index contributed by atoms with van der Waals surface area (Å²) in [5.41, 5.74) is 0. The van der Waals surface area contributed by atoms with Crippen molar-refractivity contribution >= 4 is 12.4 Å². The van der Waals surface area contributed by atoms with Crippen LogP contribution >= 0.6 is 12.4 Å². The van der Waals surface area contributed by atoms with Gasteiger partial charge in [-0.05, 0) is 38.8 Å². The van der Waals surface area contributed by atoms with Crippen molar-refractivity contribution in [3.8, 4) is 0 Å². The van der Waals surface area contributed by atoms with Crippen LogP contribution in [0.1, 0.15) is 44.9 Å². The van der Waals surface area contributed by atoms with Crippen molar-refractivity contribution in [3.63, 3.8) is 0 Å². The van der Waals surface area contributed by atoms with Gasteiger partial charge in [0, 0.05) is 12.1 Å². The van der Waals surface area contributed by atoms with Crippen LogP contribution in [0, 0.1) is 0 Å². The lowest BCUT2D eigenvalue weighted by molar-refractivity contribution is 0.298. The highest BCUT2D eigenvalue weighted by Gasteiger charge is 2.18. The van der Waals surface area contributed by atoms with Gasteiger partial charge < -0.3 is 10.6 Å². The normalized spacial score (nSPS) is 25.7. The Morgan fingerprint density at radius 3 is 2.00 bits per heavy atom. The minimum atomic E-state index is 0. The molecule has 2 rings (SSSR count). The molecule has 1 saturated carbocycles. The summed E-state index contributed by atoms with van der Waals surface area (Å²) in [6.45, 7) is 2.43. The maximum atomic E-state index is 3.82. The lowest BCUT2D eigenvalue weighted by Gasteiger charge is -2.31. The van der Waals surface area contributed by atoms with E-state index in [0.29, 0.717) is 0 Å². The molecular formula is C11H23ClN2. The first-order valence-corrected chi connectivity index (χ1v) is 5.92. The molecule has 0 unspecified atom stereocenters. The van der Waals surface area contributed by atoms with E-state index >= 15 is 0 Å². The van der Waals surface area contributed by atoms with Crippen molar-refractivity contribution in [2.75, 3.05) is 13.1 Å². The highest BCUT2D eigenvalue weighted by Crippen LogP contribution is 2.18. The van der Waals surface area contributed by atoms with Gasteiger partial charge in [0.25, 0.3) is 0 Å². The molecular weight excluding hydrogens is 196 g/mol. The smallest absolute Gasteiger partial charge is 0.00938 e. The molecule has 2 aliphatic rings. The Morgan fingerprint density at radius 2 is 1.36 bits per heavy atom. The van der Waals surface area contributed by atoms with Gasteiger partial charge in [0.05, 0.1) is 0 Å². The van der Waals surface area contributed by atoms with E-state index in [1.54, 1.807) is 0 Å². The average Bonchev–Trinajstić information content (AvgIpc) is 2.21. The van der Waals surface area contributed by atoms with Gasteiger partial charge in [-0.2, -0.15) is 0 Å². The Kier molecular flexibility index (Phi) is 5.83. The maximum absolute atomic E-state index is 3.82. The van der Waals surface area contributed by atoms with Gasteiger partial charge in [0.2, 0.25) is 0 Å². The Labute approximate surface area is 93.6 Å². The van der Waals surface area contributed by atoms with Crippen molar-refractivity contribution in [2.45, 2.75) is 57.0 Å². The summed E-state index contributed by atoms with van der Waals surface area (Å²) in [7, 11) is 0. The van der Waals surface area contributed by atoms with Gasteiger partial charge in [0.15, 0.2) is 0 Å². The summed E-state index contributed by atoms with van der Waals surface area (Å²) in [5.74, 6) is 0. The van der Waals surface area contributed by atoms with Crippen molar-refractivity contribution in [1.82, 2.24) is 10.6 Å². The molecule has 2 nitrogen and oxygen atoms in total. The monoisotopic (exact) mass is 218 g/mol. The molecule has 14 heavy (non-hydrogen) atoms. The van der Waals surface area contributed by atoms with Crippen molar-refractivity contribution in [1.29, 1.82) is 0 Å². The fraction of sp³-hybridized carbons (Fsp3) is 1.00. The molecule has 84 valence electrons. The summed E-state index contributed by atoms with van der Waals surface area (Å²) in [4.78, 5) is 0. The van der Waals surface area contributed by atoms with Crippen LogP contribution in [0.2, 0.25) is 0 Å². The van der Waals surface area contributed by atoms with E-state index < -0.39 is 0 Å². The SMILES string of the molecule is C1CCC(NC2CCNCC2)CC1.Cl. The first kappa shape index (κ1) is 12.3. The summed E-state index contributed by atoms with van der Waals surface area (Å²) >= 11 is 0. The van der Waals surface area contributed by atoms with Crippen LogP contribution in [0.25, 0.3) is 0 Å². The number of piperidine rings is 1. The molecule has 3 heteroatoms. The summed E-state index contributed by atoms with van der Waals surface area (Å²) in [5, 5.41) is 7.23. The lowest BCUT2D eigenvalue weighted by Crippen LogP contribution is -2.45. The van der Waals surface area contributed by atoms with Gasteiger partial charge >= 0.3 is 0 Å². The van der Waals surface area contributed by atoms with Crippen LogP contribution in [0.3, 0.4) is 0 Å². The van der Waals surface area contributed by atoms with Crippen molar-refractivity contribution in [3.05, 3.63) is 0 Å². The highest BCUT2D eigenvalue weighted by atomic mass is 35.5. The summed E-state index contributed by atoms with van der Waals surface area (Å²) < 4.78 is 0. The minimum Gasteiger partial charge on any atom is -0.317 e. The molecule has 2 fully saturated rings. The quantitative estimate of drug-likeness (QED) is 0.742. The van der Waals surface area contributed by atoms with Gasteiger partial charge in [-0.3, -0.25) is 0 Å². The largest absolute Gasteiger partial charge is 0.317 e. The van der Waals surface area contributed by atoms with E-state index in [1.165, 1.54) is 58.0 Å². The van der Waals surface area contributed by atoms with Crippen molar-refractivity contribution in [2.24, 2.45) is 0 Å². The number of rotatable bonds is 2. The van der Waals surface area contributed by atoms with E-state index in [2.05, 4.69) is 10.6 Å². The standard InChI is InChI=1S/C11H22N2.ClH/c1-2-4-10(5-3-1)13-11-6-8-12-9-7-11;/h10-13H,1-9H2;1H. The molecule has 0 spiro atoms. The van der Waals surface area contributed by atoms with Gasteiger partial charge in [0.1, 0.15) is 0 Å². The summed E-state index contributed by atoms with van der Waals surface area (Å²) in [6.07, 6.45) is 9.86. The second kappa shape index (κ2) is 6.65. The Bertz CT molecular complexity index is 124. The van der Waals surface area contributed by atoms with E-state index in [-0.39, 0.29) is 12.4 Å². The van der Waals surface area contributed by atoms with Crippen LogP contribution in [0.15, 0.2) is 0 Å².